The number of halogens is 1. The predicted octanol–water partition coefficient (Wildman–Crippen LogP) is 16.5. The van der Waals surface area contributed by atoms with Crippen LogP contribution in [-0.2, 0) is 20.1 Å². The largest absolute Gasteiger partial charge is 0.501 e. The van der Waals surface area contributed by atoms with E-state index in [2.05, 4.69) is 183 Å². The van der Waals surface area contributed by atoms with Crippen LogP contribution in [0.1, 0.15) is 50.7 Å². The minimum absolute atomic E-state index is 0. The maximum absolute atomic E-state index is 12.6. The maximum Gasteiger partial charge on any atom is 0.121 e. The van der Waals surface area contributed by atoms with E-state index in [0.717, 1.165) is 55.6 Å². The summed E-state index contributed by atoms with van der Waals surface area (Å²) >= 11 is 0. The van der Waals surface area contributed by atoms with Crippen molar-refractivity contribution >= 4 is 65.3 Å². The first-order valence-corrected chi connectivity index (χ1v) is 22.2. The van der Waals surface area contributed by atoms with Crippen LogP contribution in [-0.4, -0.2) is 14.5 Å². The Kier molecular flexibility index (Phi) is 11.4. The van der Waals surface area contributed by atoms with Gasteiger partial charge in [-0.1, -0.05) is 148 Å². The van der Waals surface area contributed by atoms with Crippen molar-refractivity contribution in [2.75, 3.05) is 0 Å². The van der Waals surface area contributed by atoms with E-state index in [-0.39, 0.29) is 37.8 Å². The summed E-state index contributed by atoms with van der Waals surface area (Å²) in [5.41, 5.74) is 12.4. The Labute approximate surface area is 396 Å². The molecule has 0 unspecified atom stereocenters. The Bertz CT molecular complexity index is 3700. The number of rotatable bonds is 6. The Morgan fingerprint density at radius 1 is 0.576 bits per heavy atom. The van der Waals surface area contributed by atoms with Crippen molar-refractivity contribution in [3.05, 3.63) is 211 Å². The molecule has 323 valence electrons. The Morgan fingerprint density at radius 2 is 1.26 bits per heavy atom. The topological polar surface area (TPSA) is 43.9 Å². The molecule has 0 aliphatic carbocycles. The van der Waals surface area contributed by atoms with E-state index in [9.17, 15) is 4.39 Å². The summed E-state index contributed by atoms with van der Waals surface area (Å²) in [7, 11) is 0. The SMILES string of the molecule is CC(C)c1cc(-c2ccccc2)cc(C(C)C)c1-n1c(-c2[c-]ccc3c2oc2cc4c(ccc5ccccc54)cc23)nc2ccc3ccccc3c21.Fc1c[c-]c(-c2ccccn2)cc1.[Ir]. The quantitative estimate of drug-likeness (QED) is 0.123. The van der Waals surface area contributed by atoms with Crippen LogP contribution in [0.15, 0.2) is 187 Å². The molecule has 0 atom stereocenters. The zero-order valence-electron chi connectivity index (χ0n) is 36.9. The van der Waals surface area contributed by atoms with Gasteiger partial charge in [0.2, 0.25) is 0 Å². The number of fused-ring (bicyclic) bond motifs is 9. The van der Waals surface area contributed by atoms with Crippen molar-refractivity contribution in [1.82, 2.24) is 14.5 Å². The normalized spacial score (nSPS) is 11.6. The fourth-order valence-electron chi connectivity index (χ4n) is 9.34. The summed E-state index contributed by atoms with van der Waals surface area (Å²) < 4.78 is 21.9. The van der Waals surface area contributed by atoms with Crippen molar-refractivity contribution in [3.63, 3.8) is 0 Å². The van der Waals surface area contributed by atoms with Gasteiger partial charge in [-0.25, -0.2) is 0 Å². The third-order valence-corrected chi connectivity index (χ3v) is 12.5. The summed E-state index contributed by atoms with van der Waals surface area (Å²) in [6, 6.07) is 66.6. The standard InChI is InChI=1S/C49H37N2O.C11H7FN.Ir/c1-29(2)40-26-35(31-13-6-5-7-14-31)27-41(30(3)4)46(40)51-47-37-18-11-9-16-33(37)23-24-44(47)50-49(51)39-20-12-19-38-43-25-34-22-21-32-15-8-10-17-36(32)42(34)28-45(43)52-48(38)39;12-10-6-4-9(5-7-10)11-3-1-2-8-13-11;/h5-19,21-30H,1-4H3;1-4,6-8H;/q2*-1;. The summed E-state index contributed by atoms with van der Waals surface area (Å²) in [5.74, 6) is 1.07. The van der Waals surface area contributed by atoms with Crippen LogP contribution < -0.4 is 0 Å². The zero-order valence-corrected chi connectivity index (χ0v) is 39.3. The first-order valence-electron chi connectivity index (χ1n) is 22.2. The second-order valence-corrected chi connectivity index (χ2v) is 17.3. The van der Waals surface area contributed by atoms with E-state index in [0.29, 0.717) is 0 Å². The molecule has 0 spiro atoms. The summed E-state index contributed by atoms with van der Waals surface area (Å²) in [5, 5.41) is 9.36. The number of benzene rings is 9. The van der Waals surface area contributed by atoms with Crippen LogP contribution in [0.2, 0.25) is 0 Å². The van der Waals surface area contributed by atoms with E-state index < -0.39 is 0 Å². The first-order chi connectivity index (χ1) is 31.8. The number of imidazole rings is 1. The number of aromatic nitrogens is 3. The van der Waals surface area contributed by atoms with Gasteiger partial charge in [-0.15, -0.1) is 48.0 Å². The van der Waals surface area contributed by atoms with E-state index in [1.807, 2.05) is 24.3 Å². The van der Waals surface area contributed by atoms with E-state index >= 15 is 0 Å². The van der Waals surface area contributed by atoms with Gasteiger partial charge in [-0.05, 0) is 103 Å². The third-order valence-electron chi connectivity index (χ3n) is 12.5. The van der Waals surface area contributed by atoms with Crippen LogP contribution in [0.25, 0.3) is 105 Å². The van der Waals surface area contributed by atoms with Gasteiger partial charge in [0.25, 0.3) is 0 Å². The molecule has 12 rings (SSSR count). The van der Waals surface area contributed by atoms with Crippen molar-refractivity contribution in [3.8, 4) is 39.5 Å². The van der Waals surface area contributed by atoms with E-state index in [1.165, 1.54) is 72.4 Å². The van der Waals surface area contributed by atoms with Crippen molar-refractivity contribution < 1.29 is 28.9 Å². The minimum Gasteiger partial charge on any atom is -0.501 e. The van der Waals surface area contributed by atoms with E-state index in [4.69, 9.17) is 9.40 Å². The second kappa shape index (κ2) is 17.6. The molecule has 6 heteroatoms. The van der Waals surface area contributed by atoms with Gasteiger partial charge < -0.3 is 14.0 Å². The average molecular weight is 1030 g/mol. The molecule has 12 aromatic rings. The fraction of sp³-hybridized carbons (Fsp3) is 0.100. The van der Waals surface area contributed by atoms with Crippen LogP contribution >= 0.6 is 0 Å². The number of furan rings is 1. The molecule has 3 heterocycles. The van der Waals surface area contributed by atoms with Gasteiger partial charge in [0.15, 0.2) is 0 Å². The van der Waals surface area contributed by atoms with E-state index in [1.54, 1.807) is 12.3 Å². The fourth-order valence-corrected chi connectivity index (χ4v) is 9.34. The average Bonchev–Trinajstić information content (AvgIpc) is 3.92. The molecule has 0 bridgehead atoms. The van der Waals surface area contributed by atoms with Gasteiger partial charge >= 0.3 is 0 Å². The number of pyridine rings is 1. The first kappa shape index (κ1) is 42.7. The van der Waals surface area contributed by atoms with Crippen molar-refractivity contribution in [2.24, 2.45) is 0 Å². The molecule has 0 aliphatic rings. The maximum atomic E-state index is 12.6. The Hall–Kier alpha value is -7.24. The number of nitrogens with zero attached hydrogens (tertiary/aromatic N) is 3. The molecule has 66 heavy (non-hydrogen) atoms. The molecule has 3 aromatic heterocycles. The van der Waals surface area contributed by atoms with Crippen LogP contribution in [0.3, 0.4) is 0 Å². The molecule has 0 aliphatic heterocycles. The number of hydrogen-bond donors (Lipinski definition) is 0. The monoisotopic (exact) mass is 1030 g/mol. The Balaban J connectivity index is 0.000000315. The predicted molar refractivity (Wildman–Crippen MR) is 267 cm³/mol. The van der Waals surface area contributed by atoms with Crippen molar-refractivity contribution in [1.29, 1.82) is 0 Å². The summed E-state index contributed by atoms with van der Waals surface area (Å²) in [6.07, 6.45) is 1.70. The summed E-state index contributed by atoms with van der Waals surface area (Å²) in [4.78, 5) is 9.60. The molecular weight excluding hydrogens is 990 g/mol. The molecule has 4 nitrogen and oxygen atoms in total. The molecule has 0 N–H and O–H groups in total. The van der Waals surface area contributed by atoms with Gasteiger partial charge in [-0.2, -0.15) is 0 Å². The third kappa shape index (κ3) is 7.56. The van der Waals surface area contributed by atoms with Gasteiger partial charge in [0.05, 0.1) is 22.4 Å². The van der Waals surface area contributed by atoms with Gasteiger partial charge in [0.1, 0.15) is 5.58 Å². The molecule has 9 aromatic carbocycles. The van der Waals surface area contributed by atoms with Gasteiger partial charge in [-0.3, -0.25) is 9.37 Å². The van der Waals surface area contributed by atoms with Gasteiger partial charge in [0, 0.05) is 48.6 Å². The Morgan fingerprint density at radius 3 is 1.97 bits per heavy atom. The molecule has 0 saturated heterocycles. The van der Waals surface area contributed by atoms with Crippen LogP contribution in [0.4, 0.5) is 4.39 Å². The molecule has 0 fully saturated rings. The molecule has 0 amide bonds. The second-order valence-electron chi connectivity index (χ2n) is 17.3. The number of hydrogen-bond acceptors (Lipinski definition) is 3. The minimum atomic E-state index is -0.278. The van der Waals surface area contributed by atoms with Crippen LogP contribution in [0.5, 0.6) is 0 Å². The smallest absolute Gasteiger partial charge is 0.121 e. The molecule has 0 saturated carbocycles. The summed E-state index contributed by atoms with van der Waals surface area (Å²) in [6.45, 7) is 9.20. The zero-order chi connectivity index (χ0) is 44.2. The van der Waals surface area contributed by atoms with Crippen LogP contribution in [0, 0.1) is 17.9 Å². The van der Waals surface area contributed by atoms with Crippen molar-refractivity contribution in [2.45, 2.75) is 39.5 Å². The molecule has 1 radical (unpaired) electrons. The molecular formula is C60H44FIrN3O-2.